The third-order valence-corrected chi connectivity index (χ3v) is 5.73. The summed E-state index contributed by atoms with van der Waals surface area (Å²) in [7, 11) is 0. The van der Waals surface area contributed by atoms with Crippen LogP contribution in [0.2, 0.25) is 0 Å². The van der Waals surface area contributed by atoms with Crippen molar-refractivity contribution < 1.29 is 4.74 Å². The Morgan fingerprint density at radius 2 is 1.63 bits per heavy atom. The van der Waals surface area contributed by atoms with E-state index < -0.39 is 0 Å². The summed E-state index contributed by atoms with van der Waals surface area (Å²) >= 11 is 0. The number of hydrogen-bond acceptors (Lipinski definition) is 3. The molecule has 0 atom stereocenters. The molecule has 3 rings (SSSR count). The third-order valence-electron chi connectivity index (χ3n) is 5.73. The fourth-order valence-corrected chi connectivity index (χ4v) is 3.77. The summed E-state index contributed by atoms with van der Waals surface area (Å²) in [5, 5.41) is 7.00. The summed E-state index contributed by atoms with van der Waals surface area (Å²) in [5.74, 6) is 1.80. The number of benzene rings is 2. The summed E-state index contributed by atoms with van der Waals surface area (Å²) in [6, 6.07) is 19.3. The van der Waals surface area contributed by atoms with Crippen LogP contribution in [0.5, 0.6) is 5.75 Å². The standard InChI is InChI=1S/C24H34N2O/c1-24(2,21-7-4-3-5-8-21)22-9-11-23(12-10-22)27-18-6-15-26-19-20-13-16-25-17-14-20/h3-5,7-12,20,25-26H,6,13-19H2,1-2H3. The molecule has 1 saturated heterocycles. The lowest BCUT2D eigenvalue weighted by Gasteiger charge is -2.26. The number of hydrogen-bond donors (Lipinski definition) is 2. The smallest absolute Gasteiger partial charge is 0.119 e. The van der Waals surface area contributed by atoms with Gasteiger partial charge >= 0.3 is 0 Å². The number of piperidine rings is 1. The van der Waals surface area contributed by atoms with E-state index in [0.717, 1.165) is 37.8 Å². The lowest BCUT2D eigenvalue weighted by atomic mass is 9.78. The second-order valence-corrected chi connectivity index (χ2v) is 8.11. The predicted octanol–water partition coefficient (Wildman–Crippen LogP) is 4.37. The van der Waals surface area contributed by atoms with Crippen molar-refractivity contribution in [2.45, 2.75) is 38.5 Å². The van der Waals surface area contributed by atoms with Gasteiger partial charge in [0.25, 0.3) is 0 Å². The van der Waals surface area contributed by atoms with Crippen molar-refractivity contribution in [2.24, 2.45) is 5.92 Å². The molecule has 1 heterocycles. The molecule has 2 aromatic rings. The van der Waals surface area contributed by atoms with Crippen LogP contribution >= 0.6 is 0 Å². The van der Waals surface area contributed by atoms with E-state index in [4.69, 9.17) is 4.74 Å². The van der Waals surface area contributed by atoms with Gasteiger partial charge < -0.3 is 15.4 Å². The Balaban J connectivity index is 1.39. The van der Waals surface area contributed by atoms with Gasteiger partial charge in [0.2, 0.25) is 0 Å². The van der Waals surface area contributed by atoms with Crippen molar-refractivity contribution >= 4 is 0 Å². The van der Waals surface area contributed by atoms with Crippen LogP contribution in [0, 0.1) is 5.92 Å². The van der Waals surface area contributed by atoms with Crippen LogP contribution in [0.3, 0.4) is 0 Å². The molecular weight excluding hydrogens is 332 g/mol. The van der Waals surface area contributed by atoms with E-state index in [-0.39, 0.29) is 5.41 Å². The Bertz CT molecular complexity index is 661. The van der Waals surface area contributed by atoms with Gasteiger partial charge in [0.15, 0.2) is 0 Å². The maximum atomic E-state index is 5.92. The number of rotatable bonds is 9. The minimum absolute atomic E-state index is 0.00164. The first-order chi connectivity index (χ1) is 13.2. The van der Waals surface area contributed by atoms with Crippen molar-refractivity contribution in [2.75, 3.05) is 32.8 Å². The molecule has 0 aliphatic carbocycles. The minimum Gasteiger partial charge on any atom is -0.494 e. The number of ether oxygens (including phenoxy) is 1. The minimum atomic E-state index is -0.00164. The molecule has 27 heavy (non-hydrogen) atoms. The molecule has 0 unspecified atom stereocenters. The second kappa shape index (κ2) is 9.91. The highest BCUT2D eigenvalue weighted by atomic mass is 16.5. The highest BCUT2D eigenvalue weighted by Gasteiger charge is 2.22. The molecule has 1 aliphatic rings. The fraction of sp³-hybridized carbons (Fsp3) is 0.500. The van der Waals surface area contributed by atoms with Gasteiger partial charge in [-0.05, 0) is 74.6 Å². The first-order valence-electron chi connectivity index (χ1n) is 10.4. The van der Waals surface area contributed by atoms with Crippen LogP contribution in [0.4, 0.5) is 0 Å². The fourth-order valence-electron chi connectivity index (χ4n) is 3.77. The van der Waals surface area contributed by atoms with Gasteiger partial charge in [-0.3, -0.25) is 0 Å². The lowest BCUT2D eigenvalue weighted by Crippen LogP contribution is -2.34. The van der Waals surface area contributed by atoms with Crippen LogP contribution in [0.15, 0.2) is 54.6 Å². The molecule has 2 N–H and O–H groups in total. The molecule has 0 saturated carbocycles. The average Bonchev–Trinajstić information content (AvgIpc) is 2.72. The normalized spacial score (nSPS) is 15.6. The van der Waals surface area contributed by atoms with Crippen LogP contribution in [0.25, 0.3) is 0 Å². The predicted molar refractivity (Wildman–Crippen MR) is 114 cm³/mol. The molecule has 0 spiro atoms. The molecule has 3 heteroatoms. The molecule has 0 aromatic heterocycles. The average molecular weight is 367 g/mol. The van der Waals surface area contributed by atoms with Gasteiger partial charge in [-0.2, -0.15) is 0 Å². The van der Waals surface area contributed by atoms with Crippen LogP contribution in [-0.4, -0.2) is 32.8 Å². The van der Waals surface area contributed by atoms with Gasteiger partial charge in [-0.15, -0.1) is 0 Å². The second-order valence-electron chi connectivity index (χ2n) is 8.11. The van der Waals surface area contributed by atoms with Crippen molar-refractivity contribution in [3.8, 4) is 5.75 Å². The van der Waals surface area contributed by atoms with Crippen molar-refractivity contribution in [3.05, 3.63) is 65.7 Å². The highest BCUT2D eigenvalue weighted by molar-refractivity contribution is 5.39. The van der Waals surface area contributed by atoms with Crippen molar-refractivity contribution in [3.63, 3.8) is 0 Å². The van der Waals surface area contributed by atoms with E-state index in [1.54, 1.807) is 0 Å². The van der Waals surface area contributed by atoms with Crippen molar-refractivity contribution in [1.82, 2.24) is 10.6 Å². The summed E-state index contributed by atoms with van der Waals surface area (Å²) in [4.78, 5) is 0. The monoisotopic (exact) mass is 366 g/mol. The molecule has 3 nitrogen and oxygen atoms in total. The third kappa shape index (κ3) is 5.82. The zero-order valence-electron chi connectivity index (χ0n) is 16.8. The molecule has 0 radical (unpaired) electrons. The highest BCUT2D eigenvalue weighted by Crippen LogP contribution is 2.32. The van der Waals surface area contributed by atoms with Crippen LogP contribution < -0.4 is 15.4 Å². The van der Waals surface area contributed by atoms with E-state index in [0.29, 0.717) is 0 Å². The summed E-state index contributed by atoms with van der Waals surface area (Å²) < 4.78 is 5.92. The van der Waals surface area contributed by atoms with Gasteiger partial charge in [0.1, 0.15) is 5.75 Å². The molecule has 2 aromatic carbocycles. The topological polar surface area (TPSA) is 33.3 Å². The van der Waals surface area contributed by atoms with E-state index in [1.807, 2.05) is 0 Å². The first kappa shape index (κ1) is 19.9. The van der Waals surface area contributed by atoms with Gasteiger partial charge in [0, 0.05) is 5.41 Å². The van der Waals surface area contributed by atoms with E-state index in [2.05, 4.69) is 79.1 Å². The van der Waals surface area contributed by atoms with Crippen LogP contribution in [0.1, 0.15) is 44.2 Å². The van der Waals surface area contributed by atoms with Crippen molar-refractivity contribution in [1.29, 1.82) is 0 Å². The Kier molecular flexibility index (Phi) is 7.31. The van der Waals surface area contributed by atoms with E-state index in [1.165, 1.54) is 37.1 Å². The largest absolute Gasteiger partial charge is 0.494 e. The Labute approximate surface area is 164 Å². The van der Waals surface area contributed by atoms with Gasteiger partial charge in [-0.25, -0.2) is 0 Å². The van der Waals surface area contributed by atoms with E-state index >= 15 is 0 Å². The summed E-state index contributed by atoms with van der Waals surface area (Å²) in [6.45, 7) is 9.83. The Morgan fingerprint density at radius 3 is 2.33 bits per heavy atom. The van der Waals surface area contributed by atoms with Gasteiger partial charge in [-0.1, -0.05) is 56.3 Å². The zero-order valence-corrected chi connectivity index (χ0v) is 16.8. The molecule has 1 aliphatic heterocycles. The maximum absolute atomic E-state index is 5.92. The lowest BCUT2D eigenvalue weighted by molar-refractivity contribution is 0.301. The quantitative estimate of drug-likeness (QED) is 0.647. The first-order valence-corrected chi connectivity index (χ1v) is 10.4. The van der Waals surface area contributed by atoms with Crippen LogP contribution in [-0.2, 0) is 5.41 Å². The number of nitrogens with one attached hydrogen (secondary N) is 2. The van der Waals surface area contributed by atoms with Gasteiger partial charge in [0.05, 0.1) is 6.61 Å². The zero-order chi connectivity index (χ0) is 19.0. The Hall–Kier alpha value is -1.84. The summed E-state index contributed by atoms with van der Waals surface area (Å²) in [5.41, 5.74) is 2.64. The summed E-state index contributed by atoms with van der Waals surface area (Å²) in [6.07, 6.45) is 3.65. The Morgan fingerprint density at radius 1 is 0.963 bits per heavy atom. The molecular formula is C24H34N2O. The molecule has 0 amide bonds. The SMILES string of the molecule is CC(C)(c1ccccc1)c1ccc(OCCCNCC2CCNCC2)cc1. The molecule has 146 valence electrons. The molecule has 1 fully saturated rings. The maximum Gasteiger partial charge on any atom is 0.119 e. The molecule has 0 bridgehead atoms. The van der Waals surface area contributed by atoms with E-state index in [9.17, 15) is 0 Å².